The van der Waals surface area contributed by atoms with E-state index in [0.29, 0.717) is 18.8 Å². The Labute approximate surface area is 169 Å². The molecule has 2 aromatic carbocycles. The van der Waals surface area contributed by atoms with Gasteiger partial charge in [0, 0.05) is 12.7 Å². The number of nitrogens with zero attached hydrogens (tertiary/aromatic N) is 5. The molecule has 1 aliphatic rings. The van der Waals surface area contributed by atoms with Gasteiger partial charge in [-0.1, -0.05) is 42.5 Å². The van der Waals surface area contributed by atoms with E-state index < -0.39 is 0 Å². The molecule has 0 unspecified atom stereocenters. The summed E-state index contributed by atoms with van der Waals surface area (Å²) >= 11 is 0. The number of ether oxygens (including phenoxy) is 1. The van der Waals surface area contributed by atoms with Gasteiger partial charge in [0.05, 0.1) is 45.0 Å². The van der Waals surface area contributed by atoms with Crippen LogP contribution in [0.4, 0.5) is 10.1 Å². The van der Waals surface area contributed by atoms with Crippen LogP contribution in [-0.4, -0.2) is 60.1 Å². The molecule has 1 fully saturated rings. The van der Waals surface area contributed by atoms with Crippen LogP contribution >= 0.6 is 0 Å². The zero-order chi connectivity index (χ0) is 20.1. The maximum Gasteiger partial charge on any atom is 0.214 e. The minimum absolute atomic E-state index is 0.0193. The molecule has 8 heteroatoms. The van der Waals surface area contributed by atoms with E-state index in [-0.39, 0.29) is 11.9 Å². The highest BCUT2D eigenvalue weighted by atomic mass is 19.1. The predicted molar refractivity (Wildman–Crippen MR) is 107 cm³/mol. The van der Waals surface area contributed by atoms with Crippen LogP contribution in [0.5, 0.6) is 0 Å². The van der Waals surface area contributed by atoms with Gasteiger partial charge in [0.25, 0.3) is 0 Å². The summed E-state index contributed by atoms with van der Waals surface area (Å²) in [6.07, 6.45) is 0. The lowest BCUT2D eigenvalue weighted by Crippen LogP contribution is -3.15. The summed E-state index contributed by atoms with van der Waals surface area (Å²) in [7, 11) is 1.67. The first-order valence-electron chi connectivity index (χ1n) is 9.92. The minimum atomic E-state index is -0.168. The number of aromatic nitrogens is 4. The first-order valence-corrected chi connectivity index (χ1v) is 9.92. The molecule has 0 radical (unpaired) electrons. The van der Waals surface area contributed by atoms with Gasteiger partial charge >= 0.3 is 0 Å². The van der Waals surface area contributed by atoms with Crippen molar-refractivity contribution < 1.29 is 14.0 Å². The van der Waals surface area contributed by atoms with Crippen LogP contribution in [0.2, 0.25) is 0 Å². The fraction of sp³-hybridized carbons (Fsp3) is 0.381. The Hall–Kier alpha value is -2.84. The largest absolute Gasteiger partial charge is 0.383 e. The zero-order valence-electron chi connectivity index (χ0n) is 16.5. The van der Waals surface area contributed by atoms with E-state index in [1.165, 1.54) is 16.5 Å². The van der Waals surface area contributed by atoms with Crippen LogP contribution in [0.3, 0.4) is 0 Å². The van der Waals surface area contributed by atoms with Crippen molar-refractivity contribution in [2.24, 2.45) is 0 Å². The molecular formula is C21H26FN6O+. The van der Waals surface area contributed by atoms with E-state index in [4.69, 9.17) is 4.74 Å². The van der Waals surface area contributed by atoms with Crippen molar-refractivity contribution in [3.8, 4) is 0 Å². The first kappa shape index (κ1) is 19.5. The zero-order valence-corrected chi connectivity index (χ0v) is 16.5. The second-order valence-electron chi connectivity index (χ2n) is 7.19. The third-order valence-electron chi connectivity index (χ3n) is 5.46. The minimum Gasteiger partial charge on any atom is -0.383 e. The topological polar surface area (TPSA) is 60.5 Å². The molecule has 0 saturated carbocycles. The maximum atomic E-state index is 14.2. The molecule has 0 aliphatic carbocycles. The van der Waals surface area contributed by atoms with E-state index in [2.05, 4.69) is 32.6 Å². The number of nitrogens with one attached hydrogen (secondary N) is 1. The Balaban J connectivity index is 1.57. The lowest BCUT2D eigenvalue weighted by molar-refractivity contribution is -0.927. The van der Waals surface area contributed by atoms with Crippen molar-refractivity contribution >= 4 is 5.69 Å². The van der Waals surface area contributed by atoms with Gasteiger partial charge < -0.3 is 14.5 Å². The molecule has 29 heavy (non-hydrogen) atoms. The fourth-order valence-corrected chi connectivity index (χ4v) is 4.00. The van der Waals surface area contributed by atoms with Crippen LogP contribution in [0.1, 0.15) is 17.4 Å². The summed E-state index contributed by atoms with van der Waals surface area (Å²) in [4.78, 5) is 3.49. The highest BCUT2D eigenvalue weighted by molar-refractivity contribution is 5.47. The van der Waals surface area contributed by atoms with E-state index >= 15 is 0 Å². The fourth-order valence-electron chi connectivity index (χ4n) is 4.00. The first-order chi connectivity index (χ1) is 14.3. The van der Waals surface area contributed by atoms with Gasteiger partial charge in [0.1, 0.15) is 5.82 Å². The number of benzene rings is 2. The highest BCUT2D eigenvalue weighted by Gasteiger charge is 2.34. The van der Waals surface area contributed by atoms with Gasteiger partial charge in [0.2, 0.25) is 5.82 Å². The van der Waals surface area contributed by atoms with Crippen LogP contribution in [0.15, 0.2) is 54.6 Å². The standard InChI is InChI=1S/C21H25FN6O/c1-29-16-15-28-21(23-24-25-28)20(17-7-3-2-4-8-17)27-13-11-26(12-14-27)19-10-6-5-9-18(19)22/h2-10,20H,11-16H2,1H3/p+1/t20-/m1/s1. The molecule has 1 aromatic heterocycles. The molecule has 0 bridgehead atoms. The second kappa shape index (κ2) is 9.11. The number of hydrogen-bond donors (Lipinski definition) is 1. The molecule has 0 spiro atoms. The molecular weight excluding hydrogens is 371 g/mol. The molecule has 152 valence electrons. The Morgan fingerprint density at radius 2 is 1.79 bits per heavy atom. The van der Waals surface area contributed by atoms with Crippen molar-refractivity contribution in [1.82, 2.24) is 20.2 Å². The van der Waals surface area contributed by atoms with Crippen molar-refractivity contribution in [2.45, 2.75) is 12.6 Å². The molecule has 1 N–H and O–H groups in total. The lowest BCUT2D eigenvalue weighted by Gasteiger charge is -2.37. The van der Waals surface area contributed by atoms with Crippen molar-refractivity contribution in [2.75, 3.05) is 44.8 Å². The van der Waals surface area contributed by atoms with E-state index in [9.17, 15) is 4.39 Å². The second-order valence-corrected chi connectivity index (χ2v) is 7.19. The molecule has 0 amide bonds. The van der Waals surface area contributed by atoms with Gasteiger partial charge in [-0.2, -0.15) is 0 Å². The lowest BCUT2D eigenvalue weighted by atomic mass is 10.0. The Morgan fingerprint density at radius 3 is 2.52 bits per heavy atom. The normalized spacial score (nSPS) is 16.1. The predicted octanol–water partition coefficient (Wildman–Crippen LogP) is 0.953. The average Bonchev–Trinajstić information content (AvgIpc) is 3.22. The molecule has 1 saturated heterocycles. The third-order valence-corrected chi connectivity index (χ3v) is 5.46. The summed E-state index contributed by atoms with van der Waals surface area (Å²) in [5.41, 5.74) is 1.85. The van der Waals surface area contributed by atoms with E-state index in [0.717, 1.165) is 32.0 Å². The van der Waals surface area contributed by atoms with Crippen LogP contribution in [-0.2, 0) is 11.3 Å². The number of tetrazole rings is 1. The monoisotopic (exact) mass is 397 g/mol. The Kier molecular flexibility index (Phi) is 6.12. The quantitative estimate of drug-likeness (QED) is 0.643. The molecule has 3 aromatic rings. The Bertz CT molecular complexity index is 910. The van der Waals surface area contributed by atoms with Crippen LogP contribution in [0, 0.1) is 5.82 Å². The number of methoxy groups -OCH3 is 1. The summed E-state index contributed by atoms with van der Waals surface area (Å²) < 4.78 is 21.2. The van der Waals surface area contributed by atoms with Gasteiger partial charge in [-0.05, 0) is 22.6 Å². The summed E-state index contributed by atoms with van der Waals surface area (Å²) in [5.74, 6) is 0.668. The van der Waals surface area contributed by atoms with Gasteiger partial charge in [-0.3, -0.25) is 0 Å². The molecule has 1 aliphatic heterocycles. The molecule has 4 rings (SSSR count). The summed E-state index contributed by atoms with van der Waals surface area (Å²) in [6, 6.07) is 17.3. The van der Waals surface area contributed by atoms with Crippen molar-refractivity contribution in [3.05, 3.63) is 71.8 Å². The highest BCUT2D eigenvalue weighted by Crippen LogP contribution is 2.20. The summed E-state index contributed by atoms with van der Waals surface area (Å²) in [5, 5.41) is 12.5. The van der Waals surface area contributed by atoms with E-state index in [1.54, 1.807) is 13.2 Å². The SMILES string of the molecule is COCCn1nnnc1[C@@H](c1ccccc1)[NH+]1CCN(c2ccccc2F)CC1. The van der Waals surface area contributed by atoms with Crippen LogP contribution < -0.4 is 9.80 Å². The number of hydrogen-bond acceptors (Lipinski definition) is 5. The Morgan fingerprint density at radius 1 is 1.07 bits per heavy atom. The average molecular weight is 397 g/mol. The number of halogens is 1. The van der Waals surface area contributed by atoms with Crippen molar-refractivity contribution in [1.29, 1.82) is 0 Å². The number of para-hydroxylation sites is 1. The molecule has 1 atom stereocenters. The van der Waals surface area contributed by atoms with Crippen LogP contribution in [0.25, 0.3) is 0 Å². The number of quaternary nitrogens is 1. The smallest absolute Gasteiger partial charge is 0.214 e. The van der Waals surface area contributed by atoms with Gasteiger partial charge in [-0.25, -0.2) is 9.07 Å². The maximum absolute atomic E-state index is 14.2. The van der Waals surface area contributed by atoms with Gasteiger partial charge in [-0.15, -0.1) is 5.10 Å². The molecule has 7 nitrogen and oxygen atoms in total. The number of piperazine rings is 1. The third kappa shape index (κ3) is 4.28. The van der Waals surface area contributed by atoms with E-state index in [1.807, 2.05) is 35.0 Å². The number of rotatable bonds is 7. The number of anilines is 1. The van der Waals surface area contributed by atoms with Gasteiger partial charge in [0.15, 0.2) is 6.04 Å². The summed E-state index contributed by atoms with van der Waals surface area (Å²) in [6.45, 7) is 4.45. The molecule has 2 heterocycles. The van der Waals surface area contributed by atoms with Crippen molar-refractivity contribution in [3.63, 3.8) is 0 Å².